The molecule has 1 saturated heterocycles. The van der Waals surface area contributed by atoms with Crippen LogP contribution in [0.2, 0.25) is 0 Å². The number of nitrogens with one attached hydrogen (secondary N) is 2. The van der Waals surface area contributed by atoms with Crippen LogP contribution in [0.15, 0.2) is 24.3 Å². The Balaban J connectivity index is 1.99. The largest absolute Gasteiger partial charge is 0.451 e. The number of ketones is 1. The number of benzene rings is 1. The number of imide groups is 1. The Kier molecular flexibility index (Phi) is 6.73. The highest BCUT2D eigenvalue weighted by molar-refractivity contribution is 6.09. The second-order valence-electron chi connectivity index (χ2n) is 6.83. The van der Waals surface area contributed by atoms with E-state index in [0.717, 1.165) is 4.90 Å². The van der Waals surface area contributed by atoms with E-state index in [0.29, 0.717) is 24.1 Å². The van der Waals surface area contributed by atoms with Crippen LogP contribution in [0.1, 0.15) is 50.9 Å². The molecule has 156 valence electrons. The Morgan fingerprint density at radius 1 is 1.17 bits per heavy atom. The van der Waals surface area contributed by atoms with Gasteiger partial charge >= 0.3 is 12.0 Å². The molecule has 1 aromatic carbocycles. The van der Waals surface area contributed by atoms with Crippen LogP contribution < -0.4 is 10.6 Å². The SMILES string of the molecule is CCC1(CC)NC(=O)N(CC(=O)O[C@@H](C)C(=O)Nc2ccccc2C(C)=O)C1=O. The van der Waals surface area contributed by atoms with Gasteiger partial charge in [0, 0.05) is 5.56 Å². The quantitative estimate of drug-likeness (QED) is 0.388. The molecule has 0 bridgehead atoms. The second-order valence-corrected chi connectivity index (χ2v) is 6.83. The van der Waals surface area contributed by atoms with Crippen LogP contribution in [0.3, 0.4) is 0 Å². The Hall–Kier alpha value is -3.23. The summed E-state index contributed by atoms with van der Waals surface area (Å²) in [5, 5.41) is 5.16. The number of urea groups is 1. The Morgan fingerprint density at radius 3 is 2.34 bits per heavy atom. The van der Waals surface area contributed by atoms with E-state index in [9.17, 15) is 24.0 Å². The predicted molar refractivity (Wildman–Crippen MR) is 104 cm³/mol. The third kappa shape index (κ3) is 4.61. The molecule has 1 aromatic rings. The van der Waals surface area contributed by atoms with E-state index < -0.39 is 42.0 Å². The third-order valence-electron chi connectivity index (χ3n) is 4.98. The molecule has 9 nitrogen and oxygen atoms in total. The Morgan fingerprint density at radius 2 is 1.79 bits per heavy atom. The van der Waals surface area contributed by atoms with Crippen LogP contribution in [-0.2, 0) is 19.1 Å². The number of anilines is 1. The van der Waals surface area contributed by atoms with Gasteiger partial charge in [-0.05, 0) is 38.8 Å². The molecule has 0 radical (unpaired) electrons. The topological polar surface area (TPSA) is 122 Å². The lowest BCUT2D eigenvalue weighted by Crippen LogP contribution is -2.46. The highest BCUT2D eigenvalue weighted by Gasteiger charge is 2.49. The zero-order valence-electron chi connectivity index (χ0n) is 16.9. The number of para-hydroxylation sites is 1. The molecule has 0 saturated carbocycles. The summed E-state index contributed by atoms with van der Waals surface area (Å²) < 4.78 is 5.07. The average molecular weight is 403 g/mol. The van der Waals surface area contributed by atoms with Crippen molar-refractivity contribution in [2.24, 2.45) is 0 Å². The first-order valence-electron chi connectivity index (χ1n) is 9.39. The molecule has 0 unspecified atom stereocenters. The fraction of sp³-hybridized carbons (Fsp3) is 0.450. The molecule has 29 heavy (non-hydrogen) atoms. The molecule has 1 atom stereocenters. The first-order valence-corrected chi connectivity index (χ1v) is 9.39. The lowest BCUT2D eigenvalue weighted by atomic mass is 9.93. The summed E-state index contributed by atoms with van der Waals surface area (Å²) in [6, 6.07) is 5.79. The van der Waals surface area contributed by atoms with E-state index in [4.69, 9.17) is 4.74 Å². The number of carbonyl (C=O) groups is 5. The standard InChI is InChI=1S/C20H25N3O6/c1-5-20(6-2)18(27)23(19(28)22-20)11-16(25)29-13(4)17(26)21-15-10-8-7-9-14(15)12(3)24/h7-10,13H,5-6,11H2,1-4H3,(H,21,26)(H,22,28)/t13-/m0/s1. The van der Waals surface area contributed by atoms with Crippen molar-refractivity contribution < 1.29 is 28.7 Å². The number of amides is 4. The van der Waals surface area contributed by atoms with Crippen LogP contribution in [-0.4, -0.2) is 52.7 Å². The summed E-state index contributed by atoms with van der Waals surface area (Å²) in [6.07, 6.45) is -0.396. The molecule has 9 heteroatoms. The van der Waals surface area contributed by atoms with Crippen LogP contribution in [0.4, 0.5) is 10.5 Å². The summed E-state index contributed by atoms with van der Waals surface area (Å²) in [4.78, 5) is 61.6. The molecular weight excluding hydrogens is 378 g/mol. The summed E-state index contributed by atoms with van der Waals surface area (Å²) in [5.41, 5.74) is -0.386. The summed E-state index contributed by atoms with van der Waals surface area (Å²) in [5.74, 6) is -2.24. The molecule has 0 spiro atoms. The number of nitrogens with zero attached hydrogens (tertiary/aromatic N) is 1. The number of ether oxygens (including phenoxy) is 1. The van der Waals surface area contributed by atoms with Gasteiger partial charge in [-0.3, -0.25) is 24.1 Å². The predicted octanol–water partition coefficient (Wildman–Crippen LogP) is 1.87. The molecule has 1 fully saturated rings. The van der Waals surface area contributed by atoms with Crippen LogP contribution in [0, 0.1) is 0 Å². The van der Waals surface area contributed by atoms with Crippen molar-refractivity contribution in [3.8, 4) is 0 Å². The highest BCUT2D eigenvalue weighted by Crippen LogP contribution is 2.24. The summed E-state index contributed by atoms with van der Waals surface area (Å²) >= 11 is 0. The molecule has 1 aliphatic rings. The molecule has 1 heterocycles. The Bertz CT molecular complexity index is 846. The zero-order valence-corrected chi connectivity index (χ0v) is 16.9. The van der Waals surface area contributed by atoms with Crippen molar-refractivity contribution in [2.45, 2.75) is 52.2 Å². The van der Waals surface area contributed by atoms with Gasteiger partial charge in [-0.25, -0.2) is 4.79 Å². The first kappa shape index (κ1) is 22.1. The van der Waals surface area contributed by atoms with E-state index in [2.05, 4.69) is 10.6 Å². The Labute approximate surface area is 168 Å². The third-order valence-corrected chi connectivity index (χ3v) is 4.98. The van der Waals surface area contributed by atoms with Crippen LogP contribution >= 0.6 is 0 Å². The van der Waals surface area contributed by atoms with E-state index in [1.54, 1.807) is 38.1 Å². The summed E-state index contributed by atoms with van der Waals surface area (Å²) in [7, 11) is 0. The van der Waals surface area contributed by atoms with Gasteiger partial charge in [-0.15, -0.1) is 0 Å². The van der Waals surface area contributed by atoms with Crippen LogP contribution in [0.25, 0.3) is 0 Å². The lowest BCUT2D eigenvalue weighted by molar-refractivity contribution is -0.155. The van der Waals surface area contributed by atoms with Gasteiger partial charge in [0.2, 0.25) is 0 Å². The molecule has 2 N–H and O–H groups in total. The van der Waals surface area contributed by atoms with Gasteiger partial charge in [0.15, 0.2) is 11.9 Å². The van der Waals surface area contributed by atoms with Crippen molar-refractivity contribution in [3.05, 3.63) is 29.8 Å². The maximum Gasteiger partial charge on any atom is 0.327 e. The van der Waals surface area contributed by atoms with Crippen molar-refractivity contribution in [2.75, 3.05) is 11.9 Å². The number of esters is 1. The molecular formula is C20H25N3O6. The average Bonchev–Trinajstić information content (AvgIpc) is 2.92. The number of carbonyl (C=O) groups excluding carboxylic acids is 5. The zero-order chi connectivity index (χ0) is 21.8. The van der Waals surface area contributed by atoms with Gasteiger partial charge < -0.3 is 15.4 Å². The van der Waals surface area contributed by atoms with E-state index >= 15 is 0 Å². The van der Waals surface area contributed by atoms with Gasteiger partial charge in [-0.1, -0.05) is 26.0 Å². The molecule has 4 amide bonds. The number of hydrogen-bond donors (Lipinski definition) is 2. The monoisotopic (exact) mass is 403 g/mol. The van der Waals surface area contributed by atoms with Crippen molar-refractivity contribution in [1.82, 2.24) is 10.2 Å². The molecule has 0 aliphatic carbocycles. The normalized spacial score (nSPS) is 16.2. The van der Waals surface area contributed by atoms with Crippen LogP contribution in [0.5, 0.6) is 0 Å². The van der Waals surface area contributed by atoms with Gasteiger partial charge in [0.1, 0.15) is 12.1 Å². The lowest BCUT2D eigenvalue weighted by Gasteiger charge is -2.23. The second kappa shape index (κ2) is 8.85. The highest BCUT2D eigenvalue weighted by atomic mass is 16.5. The van der Waals surface area contributed by atoms with Crippen molar-refractivity contribution in [3.63, 3.8) is 0 Å². The number of hydrogen-bond acceptors (Lipinski definition) is 6. The maximum atomic E-state index is 12.5. The summed E-state index contributed by atoms with van der Waals surface area (Å²) in [6.45, 7) is 5.69. The van der Waals surface area contributed by atoms with E-state index in [1.165, 1.54) is 13.8 Å². The van der Waals surface area contributed by atoms with Crippen molar-refractivity contribution >= 4 is 35.3 Å². The van der Waals surface area contributed by atoms with E-state index in [1.807, 2.05) is 0 Å². The van der Waals surface area contributed by atoms with Gasteiger partial charge in [0.05, 0.1) is 5.69 Å². The molecule has 2 rings (SSSR count). The minimum atomic E-state index is -1.19. The molecule has 0 aromatic heterocycles. The maximum absolute atomic E-state index is 12.5. The van der Waals surface area contributed by atoms with Gasteiger partial charge in [-0.2, -0.15) is 0 Å². The first-order chi connectivity index (χ1) is 13.6. The van der Waals surface area contributed by atoms with E-state index in [-0.39, 0.29) is 5.78 Å². The minimum Gasteiger partial charge on any atom is -0.451 e. The van der Waals surface area contributed by atoms with Crippen molar-refractivity contribution in [1.29, 1.82) is 0 Å². The number of rotatable bonds is 8. The molecule has 1 aliphatic heterocycles. The van der Waals surface area contributed by atoms with Gasteiger partial charge in [0.25, 0.3) is 11.8 Å². The fourth-order valence-electron chi connectivity index (χ4n) is 3.10. The smallest absolute Gasteiger partial charge is 0.327 e. The number of Topliss-reactive ketones (excluding diaryl/α,β-unsaturated/α-hetero) is 1. The fourth-order valence-corrected chi connectivity index (χ4v) is 3.10. The minimum absolute atomic E-state index is 0.223.